The summed E-state index contributed by atoms with van der Waals surface area (Å²) in [6, 6.07) is 8.78. The van der Waals surface area contributed by atoms with Crippen LogP contribution in [0.3, 0.4) is 0 Å². The van der Waals surface area contributed by atoms with Gasteiger partial charge >= 0.3 is 163 Å². The Balaban J connectivity index is 2.04. The summed E-state index contributed by atoms with van der Waals surface area (Å²) in [6.45, 7) is 0. The van der Waals surface area contributed by atoms with E-state index < -0.39 is 21.0 Å². The minimum atomic E-state index is -0.672. The van der Waals surface area contributed by atoms with Gasteiger partial charge in [-0.3, -0.25) is 0 Å². The molecule has 5 rings (SSSR count). The van der Waals surface area contributed by atoms with Crippen molar-refractivity contribution in [2.24, 2.45) is 0 Å². The first kappa shape index (κ1) is 14.8. The molecule has 0 bridgehead atoms. The van der Waals surface area contributed by atoms with Crippen LogP contribution >= 0.6 is 0 Å². The number of fused-ring (bicyclic) bond motifs is 2. The maximum absolute atomic E-state index is 4.84. The Kier molecular flexibility index (Phi) is 3.92. The predicted octanol–water partition coefficient (Wildman–Crippen LogP) is 2.08. The molecule has 110 valence electrons. The molecule has 0 N–H and O–H groups in total. The third-order valence-electron chi connectivity index (χ3n) is 3.67. The Labute approximate surface area is 161 Å². The van der Waals surface area contributed by atoms with Crippen molar-refractivity contribution in [2.75, 3.05) is 0 Å². The van der Waals surface area contributed by atoms with Gasteiger partial charge in [0.2, 0.25) is 0 Å². The van der Waals surface area contributed by atoms with Crippen molar-refractivity contribution in [3.05, 3.63) is 44.8 Å². The van der Waals surface area contributed by atoms with Crippen molar-refractivity contribution in [3.63, 3.8) is 0 Å². The van der Waals surface area contributed by atoms with Crippen molar-refractivity contribution >= 4 is 83.9 Å². The zero-order chi connectivity index (χ0) is 15.2. The quantitative estimate of drug-likeness (QED) is 0.278. The first-order valence-electron chi connectivity index (χ1n) is 6.90. The van der Waals surface area contributed by atoms with Gasteiger partial charge in [-0.1, -0.05) is 0 Å². The monoisotopic (exact) mass is 646 g/mol. The first-order valence-corrected chi connectivity index (χ1v) is 14.0. The van der Waals surface area contributed by atoms with E-state index in [0.717, 1.165) is 22.1 Å². The van der Waals surface area contributed by atoms with Gasteiger partial charge < -0.3 is 0 Å². The van der Waals surface area contributed by atoms with E-state index in [-0.39, 0.29) is 40.9 Å². The molecule has 0 spiro atoms. The van der Waals surface area contributed by atoms with Crippen LogP contribution in [0.15, 0.2) is 44.8 Å². The van der Waals surface area contributed by atoms with Crippen molar-refractivity contribution in [3.8, 4) is 18.3 Å². The van der Waals surface area contributed by atoms with Crippen LogP contribution in [0.2, 0.25) is 0 Å². The summed E-state index contributed by atoms with van der Waals surface area (Å²) in [5.41, 5.74) is 6.62. The molecule has 0 atom stereocenters. The molecule has 23 heavy (non-hydrogen) atoms. The molecule has 1 aromatic carbocycles. The summed E-state index contributed by atoms with van der Waals surface area (Å²) < 4.78 is 17.1. The van der Waals surface area contributed by atoms with Crippen LogP contribution in [0.1, 0.15) is 0 Å². The second-order valence-electron chi connectivity index (χ2n) is 4.92. The van der Waals surface area contributed by atoms with Gasteiger partial charge in [0.25, 0.3) is 0 Å². The summed E-state index contributed by atoms with van der Waals surface area (Å²) in [4.78, 5) is 9.41. The molecule has 4 heterocycles. The van der Waals surface area contributed by atoms with E-state index in [4.69, 9.17) is 16.4 Å². The molecule has 0 aliphatic heterocycles. The van der Waals surface area contributed by atoms with E-state index >= 15 is 0 Å². The van der Waals surface area contributed by atoms with Crippen molar-refractivity contribution in [1.82, 2.24) is 16.4 Å². The van der Waals surface area contributed by atoms with Crippen LogP contribution < -0.4 is 0 Å². The molecular weight excluding hydrogens is 631 g/mol. The molecule has 0 unspecified atom stereocenters. The Morgan fingerprint density at radius 1 is 0.652 bits per heavy atom. The van der Waals surface area contributed by atoms with Crippen LogP contribution in [0.5, 0.6) is 0 Å². The average molecular weight is 639 g/mol. The van der Waals surface area contributed by atoms with E-state index in [1.165, 1.54) is 18.3 Å². The normalized spacial score (nSPS) is 11.5. The minimum absolute atomic E-state index is 0.288. The van der Waals surface area contributed by atoms with Crippen LogP contribution in [0, 0.1) is 0 Å². The molecule has 0 amide bonds. The number of hydrogen-bond acceptors (Lipinski definition) is 4. The van der Waals surface area contributed by atoms with E-state index in [0.29, 0.717) is 0 Å². The van der Waals surface area contributed by atoms with Gasteiger partial charge in [0.05, 0.1) is 0 Å². The topological polar surface area (TPSA) is 51.6 Å². The fraction of sp³-hybridized carbons (Fsp3) is 0. The van der Waals surface area contributed by atoms with Gasteiger partial charge in [-0.15, -0.1) is 0 Å². The summed E-state index contributed by atoms with van der Waals surface area (Å²) in [7, 11) is 0. The molecule has 0 aliphatic carbocycles. The SMILES string of the molecule is c1c[te]c(-c2c3nccnc3c(-c3ccc[te]3)c3n[te]nc23)c1. The third-order valence-corrected chi connectivity index (χ3v) is 10.2. The van der Waals surface area contributed by atoms with Gasteiger partial charge in [-0.2, -0.15) is 0 Å². The molecule has 0 radical (unpaired) electrons. The molecule has 0 fully saturated rings. The fourth-order valence-corrected chi connectivity index (χ4v) is 8.76. The number of rotatable bonds is 2. The number of hydrogen-bond donors (Lipinski definition) is 0. The summed E-state index contributed by atoms with van der Waals surface area (Å²) in [5.74, 6) is 0. The third kappa shape index (κ3) is 2.39. The van der Waals surface area contributed by atoms with Gasteiger partial charge in [-0.25, -0.2) is 0 Å². The molecule has 0 aliphatic rings. The molecule has 4 nitrogen and oxygen atoms in total. The molecular formula is C16H8N4Te3. The van der Waals surface area contributed by atoms with Crippen LogP contribution in [-0.2, 0) is 0 Å². The van der Waals surface area contributed by atoms with E-state index in [9.17, 15) is 0 Å². The summed E-state index contributed by atoms with van der Waals surface area (Å²) in [6.07, 6.45) is 3.60. The Morgan fingerprint density at radius 3 is 1.61 bits per heavy atom. The van der Waals surface area contributed by atoms with Gasteiger partial charge in [-0.05, 0) is 0 Å². The van der Waals surface area contributed by atoms with Crippen molar-refractivity contribution in [2.45, 2.75) is 0 Å². The molecule has 5 aromatic rings. The molecule has 0 saturated carbocycles. The van der Waals surface area contributed by atoms with Gasteiger partial charge in [0.1, 0.15) is 0 Å². The second-order valence-corrected chi connectivity index (χ2v) is 11.8. The molecule has 7 heteroatoms. The van der Waals surface area contributed by atoms with Crippen LogP contribution in [-0.4, -0.2) is 78.2 Å². The molecule has 4 aromatic heterocycles. The van der Waals surface area contributed by atoms with E-state index in [1.54, 1.807) is 12.4 Å². The first-order chi connectivity index (χ1) is 11.4. The standard InChI is InChI=1S/C16H8N4Te3/c1-3-9(21-7-1)11-13-14(18-6-5-17-13)12(10-4-2-8-22-10)16-15(11)19-23-20-16/h1-8H. The van der Waals surface area contributed by atoms with Crippen molar-refractivity contribution < 1.29 is 0 Å². The Morgan fingerprint density at radius 2 is 1.17 bits per heavy atom. The zero-order valence-corrected chi connectivity index (χ0v) is 18.6. The summed E-state index contributed by atoms with van der Waals surface area (Å²) >= 11 is -1.25. The van der Waals surface area contributed by atoms with E-state index in [1.807, 2.05) is 0 Å². The number of benzene rings is 1. The number of aromatic nitrogens is 4. The Hall–Kier alpha value is -0.511. The number of nitrogens with zero attached hydrogens (tertiary/aromatic N) is 4. The Bertz CT molecular complexity index is 1020. The van der Waals surface area contributed by atoms with Gasteiger partial charge in [0, 0.05) is 0 Å². The van der Waals surface area contributed by atoms with Crippen LogP contribution in [0.25, 0.3) is 40.4 Å². The average Bonchev–Trinajstić information content (AvgIpc) is 3.33. The predicted molar refractivity (Wildman–Crippen MR) is 94.3 cm³/mol. The zero-order valence-electron chi connectivity index (χ0n) is 11.6. The van der Waals surface area contributed by atoms with Gasteiger partial charge in [0.15, 0.2) is 0 Å². The fourth-order valence-electron chi connectivity index (χ4n) is 2.75. The maximum atomic E-state index is 4.84. The second kappa shape index (κ2) is 6.09. The van der Waals surface area contributed by atoms with Crippen molar-refractivity contribution in [1.29, 1.82) is 0 Å². The molecule has 0 saturated heterocycles. The summed E-state index contributed by atoms with van der Waals surface area (Å²) in [5, 5.41) is 0. The van der Waals surface area contributed by atoms with E-state index in [2.05, 4.69) is 32.4 Å². The van der Waals surface area contributed by atoms with Crippen LogP contribution in [0.4, 0.5) is 0 Å².